The minimum absolute atomic E-state index is 0.00396. The minimum Gasteiger partial charge on any atom is -0.378 e. The Morgan fingerprint density at radius 3 is 2.72 bits per heavy atom. The molecule has 5 nitrogen and oxygen atoms in total. The maximum Gasteiger partial charge on any atom is 0.247 e. The van der Waals surface area contributed by atoms with Gasteiger partial charge in [0.05, 0.1) is 18.6 Å². The molecule has 2 heterocycles. The Kier molecular flexibility index (Phi) is 3.11. The normalized spacial score (nSPS) is 36.7. The summed E-state index contributed by atoms with van der Waals surface area (Å²) in [5.41, 5.74) is 0. The number of amides is 2. The molecule has 18 heavy (non-hydrogen) atoms. The monoisotopic (exact) mass is 252 g/mol. The highest BCUT2D eigenvalue weighted by Crippen LogP contribution is 2.31. The van der Waals surface area contributed by atoms with Gasteiger partial charge in [0.25, 0.3) is 0 Å². The van der Waals surface area contributed by atoms with Crippen LogP contribution in [0.1, 0.15) is 32.6 Å². The quantitative estimate of drug-likeness (QED) is 0.731. The molecule has 3 aliphatic rings. The van der Waals surface area contributed by atoms with Crippen LogP contribution in [0.25, 0.3) is 0 Å². The molecule has 2 aliphatic heterocycles. The van der Waals surface area contributed by atoms with E-state index in [9.17, 15) is 9.59 Å². The number of nitrogens with zero attached hydrogens (tertiary/aromatic N) is 1. The number of hydrogen-bond acceptors (Lipinski definition) is 4. The van der Waals surface area contributed by atoms with Gasteiger partial charge in [0, 0.05) is 19.2 Å². The number of imide groups is 1. The molecule has 0 aromatic rings. The van der Waals surface area contributed by atoms with Crippen molar-refractivity contribution in [3.63, 3.8) is 0 Å². The van der Waals surface area contributed by atoms with Crippen LogP contribution < -0.4 is 5.32 Å². The predicted molar refractivity (Wildman–Crippen MR) is 64.8 cm³/mol. The van der Waals surface area contributed by atoms with Crippen molar-refractivity contribution in [1.82, 2.24) is 10.2 Å². The summed E-state index contributed by atoms with van der Waals surface area (Å²) in [4.78, 5) is 25.4. The molecule has 3 fully saturated rings. The minimum atomic E-state index is -0.300. The Morgan fingerprint density at radius 1 is 1.33 bits per heavy atom. The lowest BCUT2D eigenvalue weighted by Gasteiger charge is -2.18. The largest absolute Gasteiger partial charge is 0.378 e. The number of carbonyl (C=O) groups is 2. The number of likely N-dealkylation sites (tertiary alicyclic amines) is 1. The molecule has 0 aromatic carbocycles. The molecule has 0 aromatic heterocycles. The van der Waals surface area contributed by atoms with Crippen LogP contribution >= 0.6 is 0 Å². The van der Waals surface area contributed by atoms with E-state index in [1.54, 1.807) is 0 Å². The average Bonchev–Trinajstić information content (AvgIpc) is 3.01. The summed E-state index contributed by atoms with van der Waals surface area (Å²) in [6, 6.07) is -0.101. The highest BCUT2D eigenvalue weighted by atomic mass is 16.5. The van der Waals surface area contributed by atoms with E-state index in [1.807, 2.05) is 0 Å². The maximum atomic E-state index is 12.1. The van der Waals surface area contributed by atoms with Crippen molar-refractivity contribution in [3.8, 4) is 0 Å². The van der Waals surface area contributed by atoms with Crippen molar-refractivity contribution in [2.24, 2.45) is 5.92 Å². The van der Waals surface area contributed by atoms with Gasteiger partial charge in [-0.05, 0) is 32.1 Å². The maximum absolute atomic E-state index is 12.1. The third-order valence-electron chi connectivity index (χ3n) is 4.25. The second kappa shape index (κ2) is 4.63. The zero-order valence-electron chi connectivity index (χ0n) is 10.7. The zero-order valence-corrected chi connectivity index (χ0v) is 10.7. The molecule has 1 aliphatic carbocycles. The fourth-order valence-corrected chi connectivity index (χ4v) is 2.86. The van der Waals surface area contributed by atoms with Gasteiger partial charge in [0.15, 0.2) is 0 Å². The molecule has 3 atom stereocenters. The summed E-state index contributed by atoms with van der Waals surface area (Å²) >= 11 is 0. The molecule has 1 N–H and O–H groups in total. The summed E-state index contributed by atoms with van der Waals surface area (Å²) < 4.78 is 5.50. The first kappa shape index (κ1) is 12.1. The SMILES string of the molecule is CC1OCCC1CNC1CC(=O)N(C2CC2)C1=O. The molecular weight excluding hydrogens is 232 g/mol. The van der Waals surface area contributed by atoms with Gasteiger partial charge in [-0.15, -0.1) is 0 Å². The topological polar surface area (TPSA) is 58.6 Å². The third-order valence-corrected chi connectivity index (χ3v) is 4.25. The van der Waals surface area contributed by atoms with E-state index >= 15 is 0 Å². The van der Waals surface area contributed by atoms with Crippen molar-refractivity contribution in [2.45, 2.75) is 50.8 Å². The lowest BCUT2D eigenvalue weighted by molar-refractivity contribution is -0.139. The van der Waals surface area contributed by atoms with Crippen LogP contribution in [0.5, 0.6) is 0 Å². The molecule has 3 rings (SSSR count). The van der Waals surface area contributed by atoms with Gasteiger partial charge in [0.2, 0.25) is 11.8 Å². The van der Waals surface area contributed by atoms with E-state index in [1.165, 1.54) is 4.90 Å². The number of nitrogens with one attached hydrogen (secondary N) is 1. The van der Waals surface area contributed by atoms with Crippen LogP contribution in [0.3, 0.4) is 0 Å². The van der Waals surface area contributed by atoms with E-state index in [0.29, 0.717) is 12.3 Å². The van der Waals surface area contributed by atoms with Gasteiger partial charge >= 0.3 is 0 Å². The van der Waals surface area contributed by atoms with E-state index in [2.05, 4.69) is 12.2 Å². The van der Waals surface area contributed by atoms with Crippen LogP contribution in [-0.2, 0) is 14.3 Å². The van der Waals surface area contributed by atoms with Crippen LogP contribution in [0, 0.1) is 5.92 Å². The van der Waals surface area contributed by atoms with E-state index in [4.69, 9.17) is 4.74 Å². The lowest BCUT2D eigenvalue weighted by atomic mass is 10.0. The van der Waals surface area contributed by atoms with Gasteiger partial charge in [-0.2, -0.15) is 0 Å². The van der Waals surface area contributed by atoms with Crippen molar-refractivity contribution in [2.75, 3.05) is 13.2 Å². The van der Waals surface area contributed by atoms with E-state index in [-0.39, 0.29) is 30.0 Å². The Hall–Kier alpha value is -0.940. The van der Waals surface area contributed by atoms with Gasteiger partial charge in [-0.3, -0.25) is 14.5 Å². The summed E-state index contributed by atoms with van der Waals surface area (Å²) in [5.74, 6) is 0.438. The Bertz CT molecular complexity index is 367. The second-order valence-corrected chi connectivity index (χ2v) is 5.62. The number of hydrogen-bond donors (Lipinski definition) is 1. The number of rotatable bonds is 4. The molecule has 0 bridgehead atoms. The lowest BCUT2D eigenvalue weighted by Crippen LogP contribution is -2.42. The second-order valence-electron chi connectivity index (χ2n) is 5.62. The summed E-state index contributed by atoms with van der Waals surface area (Å²) in [6.45, 7) is 3.64. The van der Waals surface area contributed by atoms with Gasteiger partial charge in [-0.25, -0.2) is 0 Å². The van der Waals surface area contributed by atoms with Crippen LogP contribution in [-0.4, -0.2) is 48.1 Å². The fourth-order valence-electron chi connectivity index (χ4n) is 2.86. The van der Waals surface area contributed by atoms with Crippen molar-refractivity contribution in [3.05, 3.63) is 0 Å². The van der Waals surface area contributed by atoms with Crippen molar-refractivity contribution in [1.29, 1.82) is 0 Å². The van der Waals surface area contributed by atoms with Crippen LogP contribution in [0.15, 0.2) is 0 Å². The average molecular weight is 252 g/mol. The first-order chi connectivity index (χ1) is 8.66. The Labute approximate surface area is 107 Å². The molecule has 100 valence electrons. The molecule has 5 heteroatoms. The zero-order chi connectivity index (χ0) is 12.7. The summed E-state index contributed by atoms with van der Waals surface area (Å²) in [7, 11) is 0. The van der Waals surface area contributed by atoms with Gasteiger partial charge in [-0.1, -0.05) is 0 Å². The van der Waals surface area contributed by atoms with Gasteiger partial charge < -0.3 is 10.1 Å². The highest BCUT2D eigenvalue weighted by Gasteiger charge is 2.46. The summed E-state index contributed by atoms with van der Waals surface area (Å²) in [5, 5.41) is 3.25. The first-order valence-electron chi connectivity index (χ1n) is 6.87. The predicted octanol–water partition coefficient (Wildman–Crippen LogP) is 0.291. The molecule has 0 radical (unpaired) electrons. The Balaban J connectivity index is 1.54. The van der Waals surface area contributed by atoms with Crippen LogP contribution in [0.2, 0.25) is 0 Å². The van der Waals surface area contributed by atoms with Crippen LogP contribution in [0.4, 0.5) is 0 Å². The van der Waals surface area contributed by atoms with Gasteiger partial charge in [0.1, 0.15) is 0 Å². The molecular formula is C13H20N2O3. The highest BCUT2D eigenvalue weighted by molar-refractivity contribution is 6.06. The standard InChI is InChI=1S/C13H20N2O3/c1-8-9(4-5-18-8)7-14-11-6-12(16)15(13(11)17)10-2-3-10/h8-11,14H,2-7H2,1H3. The molecule has 2 amide bonds. The van der Waals surface area contributed by atoms with E-state index in [0.717, 1.165) is 32.4 Å². The van der Waals surface area contributed by atoms with E-state index < -0.39 is 0 Å². The molecule has 0 spiro atoms. The Morgan fingerprint density at radius 2 is 2.11 bits per heavy atom. The molecule has 3 unspecified atom stereocenters. The first-order valence-corrected chi connectivity index (χ1v) is 6.87. The fraction of sp³-hybridized carbons (Fsp3) is 0.846. The third kappa shape index (κ3) is 2.17. The number of carbonyl (C=O) groups excluding carboxylic acids is 2. The number of ether oxygens (including phenoxy) is 1. The smallest absolute Gasteiger partial charge is 0.247 e. The molecule has 2 saturated heterocycles. The van der Waals surface area contributed by atoms with Crippen molar-refractivity contribution >= 4 is 11.8 Å². The molecule has 1 saturated carbocycles. The summed E-state index contributed by atoms with van der Waals surface area (Å²) in [6.07, 6.45) is 3.59. The van der Waals surface area contributed by atoms with Crippen molar-refractivity contribution < 1.29 is 14.3 Å².